The lowest BCUT2D eigenvalue weighted by Crippen LogP contribution is -2.43. The summed E-state index contributed by atoms with van der Waals surface area (Å²) in [7, 11) is 2.91. The lowest BCUT2D eigenvalue weighted by atomic mass is 10.2. The molecule has 0 bridgehead atoms. The van der Waals surface area contributed by atoms with Crippen molar-refractivity contribution < 1.29 is 28.6 Å². The molecule has 2 amide bonds. The first-order valence-electron chi connectivity index (χ1n) is 8.73. The maximum Gasteiger partial charge on any atom is 0.358 e. The fraction of sp³-hybridized carbons (Fsp3) is 0.158. The molecule has 31 heavy (non-hydrogen) atoms. The van der Waals surface area contributed by atoms with E-state index in [1.165, 1.54) is 43.1 Å². The molecule has 2 heterocycles. The lowest BCUT2D eigenvalue weighted by Gasteiger charge is -2.10. The van der Waals surface area contributed by atoms with Crippen LogP contribution in [0.4, 0.5) is 0 Å². The number of carbonyl (C=O) groups excluding carboxylic acids is 3. The van der Waals surface area contributed by atoms with Gasteiger partial charge in [-0.25, -0.2) is 19.7 Å². The van der Waals surface area contributed by atoms with Crippen molar-refractivity contribution in [1.82, 2.24) is 25.8 Å². The molecule has 0 aliphatic carbocycles. The van der Waals surface area contributed by atoms with Crippen LogP contribution in [0.15, 0.2) is 42.0 Å². The zero-order valence-corrected chi connectivity index (χ0v) is 17.3. The van der Waals surface area contributed by atoms with E-state index in [0.29, 0.717) is 22.3 Å². The maximum atomic E-state index is 12.2. The minimum atomic E-state index is -0.792. The van der Waals surface area contributed by atoms with Gasteiger partial charge in [-0.1, -0.05) is 0 Å². The van der Waals surface area contributed by atoms with Gasteiger partial charge in [-0.2, -0.15) is 0 Å². The van der Waals surface area contributed by atoms with Gasteiger partial charge < -0.3 is 14.2 Å². The van der Waals surface area contributed by atoms with Crippen LogP contribution in [-0.4, -0.2) is 53.6 Å². The highest BCUT2D eigenvalue weighted by Gasteiger charge is 2.17. The molecule has 2 N–H and O–H groups in total. The smallest absolute Gasteiger partial charge is 0.358 e. The van der Waals surface area contributed by atoms with Crippen LogP contribution in [0.2, 0.25) is 0 Å². The normalized spacial score (nSPS) is 10.1. The summed E-state index contributed by atoms with van der Waals surface area (Å²) in [4.78, 5) is 48.3. The Morgan fingerprint density at radius 1 is 1.03 bits per heavy atom. The van der Waals surface area contributed by atoms with Crippen molar-refractivity contribution in [3.05, 3.63) is 53.3 Å². The molecule has 0 radical (unpaired) electrons. The number of aromatic nitrogens is 3. The number of ether oxygens (including phenoxy) is 3. The molecule has 3 rings (SSSR count). The molecule has 2 aromatic heterocycles. The highest BCUT2D eigenvalue weighted by molar-refractivity contribution is 7.13. The molecule has 160 valence electrons. The molecule has 0 saturated heterocycles. The van der Waals surface area contributed by atoms with E-state index in [-0.39, 0.29) is 11.3 Å². The quantitative estimate of drug-likeness (QED) is 0.407. The Bertz CT molecular complexity index is 1090. The van der Waals surface area contributed by atoms with Crippen LogP contribution in [0, 0.1) is 0 Å². The Kier molecular flexibility index (Phi) is 7.06. The summed E-state index contributed by atoms with van der Waals surface area (Å²) in [6.45, 7) is -0.611. The lowest BCUT2D eigenvalue weighted by molar-refractivity contribution is -0.125. The Balaban J connectivity index is 1.48. The largest absolute Gasteiger partial charge is 0.493 e. The number of hydrazine groups is 1. The van der Waals surface area contributed by atoms with Crippen LogP contribution >= 0.6 is 11.3 Å². The number of carbonyl (C=O) groups is 3. The van der Waals surface area contributed by atoms with Gasteiger partial charge in [-0.05, 0) is 24.3 Å². The zero-order chi connectivity index (χ0) is 22.2. The van der Waals surface area contributed by atoms with E-state index in [1.54, 1.807) is 24.5 Å². The Hall–Kier alpha value is -4.06. The predicted octanol–water partition coefficient (Wildman–Crippen LogP) is 1.24. The number of nitrogens with zero attached hydrogens (tertiary/aromatic N) is 3. The first-order valence-corrected chi connectivity index (χ1v) is 9.61. The number of hydrogen-bond acceptors (Lipinski definition) is 10. The summed E-state index contributed by atoms with van der Waals surface area (Å²) in [5.41, 5.74) is 4.63. The molecule has 3 aromatic rings. The molecule has 0 spiro atoms. The van der Waals surface area contributed by atoms with Crippen LogP contribution in [0.1, 0.15) is 20.8 Å². The van der Waals surface area contributed by atoms with Crippen LogP contribution in [0.5, 0.6) is 11.5 Å². The van der Waals surface area contributed by atoms with E-state index in [2.05, 4.69) is 25.8 Å². The van der Waals surface area contributed by atoms with Crippen LogP contribution < -0.4 is 20.3 Å². The highest BCUT2D eigenvalue weighted by atomic mass is 32.1. The molecule has 12 heteroatoms. The summed E-state index contributed by atoms with van der Waals surface area (Å²) in [5, 5.41) is 1.92. The highest BCUT2D eigenvalue weighted by Crippen LogP contribution is 2.27. The number of rotatable bonds is 7. The molecule has 11 nitrogen and oxygen atoms in total. The van der Waals surface area contributed by atoms with Crippen LogP contribution in [-0.2, 0) is 9.53 Å². The van der Waals surface area contributed by atoms with Gasteiger partial charge in [0.2, 0.25) is 0 Å². The van der Waals surface area contributed by atoms with E-state index in [1.807, 2.05) is 0 Å². The van der Waals surface area contributed by atoms with Crippen molar-refractivity contribution in [1.29, 1.82) is 0 Å². The summed E-state index contributed by atoms with van der Waals surface area (Å²) in [6.07, 6.45) is 3.12. The third-order valence-corrected chi connectivity index (χ3v) is 4.60. The molecule has 0 saturated carbocycles. The van der Waals surface area contributed by atoms with Gasteiger partial charge in [0.05, 0.1) is 14.2 Å². The number of esters is 1. The fourth-order valence-corrected chi connectivity index (χ4v) is 3.03. The van der Waals surface area contributed by atoms with Crippen molar-refractivity contribution in [2.24, 2.45) is 0 Å². The number of hydrogen-bond donors (Lipinski definition) is 2. The molecule has 1 aromatic carbocycles. The molecule has 0 unspecified atom stereocenters. The first kappa shape index (κ1) is 21.6. The van der Waals surface area contributed by atoms with Crippen molar-refractivity contribution in [3.63, 3.8) is 0 Å². The third kappa shape index (κ3) is 5.51. The van der Waals surface area contributed by atoms with Gasteiger partial charge in [0, 0.05) is 23.3 Å². The monoisotopic (exact) mass is 443 g/mol. The summed E-state index contributed by atoms with van der Waals surface area (Å²) in [6, 6.07) is 6.17. The topological polar surface area (TPSA) is 142 Å². The second-order valence-corrected chi connectivity index (χ2v) is 6.62. The number of methoxy groups -OCH3 is 2. The fourth-order valence-electron chi connectivity index (χ4n) is 2.30. The molecule has 0 aliphatic rings. The SMILES string of the molecule is COc1ccc(C(=O)NNC(=O)COC(=O)c2csc(-c3ncccn3)n2)cc1OC. The van der Waals surface area contributed by atoms with E-state index in [0.717, 1.165) is 0 Å². The Labute approximate surface area is 180 Å². The average Bonchev–Trinajstić information content (AvgIpc) is 3.31. The van der Waals surface area contributed by atoms with Crippen molar-refractivity contribution in [3.8, 4) is 22.3 Å². The van der Waals surface area contributed by atoms with Gasteiger partial charge in [-0.15, -0.1) is 11.3 Å². The number of thiazole rings is 1. The number of benzene rings is 1. The van der Waals surface area contributed by atoms with Crippen molar-refractivity contribution in [2.75, 3.05) is 20.8 Å². The average molecular weight is 443 g/mol. The van der Waals surface area contributed by atoms with Crippen molar-refractivity contribution in [2.45, 2.75) is 0 Å². The van der Waals surface area contributed by atoms with Crippen molar-refractivity contribution >= 4 is 29.1 Å². The van der Waals surface area contributed by atoms with Gasteiger partial charge >= 0.3 is 5.97 Å². The summed E-state index contributed by atoms with van der Waals surface area (Å²) in [5.74, 6) is -0.920. The van der Waals surface area contributed by atoms with E-state index in [9.17, 15) is 14.4 Å². The van der Waals surface area contributed by atoms with E-state index < -0.39 is 24.4 Å². The molecule has 0 fully saturated rings. The zero-order valence-electron chi connectivity index (χ0n) is 16.4. The Morgan fingerprint density at radius 3 is 2.48 bits per heavy atom. The number of nitrogens with one attached hydrogen (secondary N) is 2. The van der Waals surface area contributed by atoms with Crippen LogP contribution in [0.25, 0.3) is 10.8 Å². The van der Waals surface area contributed by atoms with E-state index in [4.69, 9.17) is 14.2 Å². The molecule has 0 atom stereocenters. The minimum Gasteiger partial charge on any atom is -0.493 e. The molecule has 0 aliphatic heterocycles. The summed E-state index contributed by atoms with van der Waals surface area (Å²) >= 11 is 1.17. The second-order valence-electron chi connectivity index (χ2n) is 5.76. The standard InChI is InChI=1S/C19H17N5O6S/c1-28-13-5-4-11(8-14(13)29-2)17(26)24-23-15(25)9-30-19(27)12-10-31-18(22-12)16-20-6-3-7-21-16/h3-8,10H,9H2,1-2H3,(H,23,25)(H,24,26). The third-order valence-electron chi connectivity index (χ3n) is 3.77. The van der Waals surface area contributed by atoms with Gasteiger partial charge in [0.25, 0.3) is 11.8 Å². The molecular formula is C19H17N5O6S. The maximum absolute atomic E-state index is 12.2. The van der Waals surface area contributed by atoms with Gasteiger partial charge in [-0.3, -0.25) is 20.4 Å². The number of amides is 2. The summed E-state index contributed by atoms with van der Waals surface area (Å²) < 4.78 is 15.1. The first-order chi connectivity index (χ1) is 15.0. The van der Waals surface area contributed by atoms with E-state index >= 15 is 0 Å². The second kappa shape index (κ2) is 10.1. The van der Waals surface area contributed by atoms with Gasteiger partial charge in [0.1, 0.15) is 0 Å². The Morgan fingerprint density at radius 2 is 1.77 bits per heavy atom. The predicted molar refractivity (Wildman–Crippen MR) is 109 cm³/mol. The van der Waals surface area contributed by atoms with Crippen LogP contribution in [0.3, 0.4) is 0 Å². The minimum absolute atomic E-state index is 0.0228. The van der Waals surface area contributed by atoms with Gasteiger partial charge in [0.15, 0.2) is 34.6 Å². The molecular weight excluding hydrogens is 426 g/mol.